The Morgan fingerprint density at radius 2 is 1.38 bits per heavy atom. The Morgan fingerprint density at radius 3 is 2.20 bits per heavy atom. The highest BCUT2D eigenvalue weighted by Crippen LogP contribution is 2.45. The molecule has 9 rings (SSSR count). The Morgan fingerprint density at radius 1 is 0.620 bits per heavy atom. The summed E-state index contributed by atoms with van der Waals surface area (Å²) in [7, 11) is 0. The van der Waals surface area contributed by atoms with Crippen LogP contribution in [-0.4, -0.2) is 21.8 Å². The Kier molecular flexibility index (Phi) is 6.81. The lowest BCUT2D eigenvalue weighted by Crippen LogP contribution is -2.42. The first-order valence-corrected chi connectivity index (χ1v) is 18.1. The highest BCUT2D eigenvalue weighted by Gasteiger charge is 2.33. The van der Waals surface area contributed by atoms with Gasteiger partial charge in [0, 0.05) is 60.5 Å². The van der Waals surface area contributed by atoms with Gasteiger partial charge in [0.1, 0.15) is 17.3 Å². The zero-order valence-electron chi connectivity index (χ0n) is 29.4. The van der Waals surface area contributed by atoms with Gasteiger partial charge >= 0.3 is 0 Å². The number of benzene rings is 5. The van der Waals surface area contributed by atoms with Gasteiger partial charge in [0.15, 0.2) is 0 Å². The fraction of sp³-hybridized carbons (Fsp3) is 0.205. The molecule has 8 aromatic rings. The van der Waals surface area contributed by atoms with Gasteiger partial charge in [-0.1, -0.05) is 57.2 Å². The molecule has 1 aliphatic rings. The fourth-order valence-corrected chi connectivity index (χ4v) is 8.51. The number of hydrogen-bond acceptors (Lipinski definition) is 5. The summed E-state index contributed by atoms with van der Waals surface area (Å²) < 4.78 is 11.6. The van der Waals surface area contributed by atoms with Crippen molar-refractivity contribution >= 4 is 70.4 Å². The van der Waals surface area contributed by atoms with Gasteiger partial charge in [-0.05, 0) is 98.5 Å². The van der Waals surface area contributed by atoms with E-state index in [1.807, 2.05) is 23.6 Å². The van der Waals surface area contributed by atoms with Crippen molar-refractivity contribution in [2.45, 2.75) is 52.5 Å². The van der Waals surface area contributed by atoms with Gasteiger partial charge in [-0.3, -0.25) is 4.57 Å². The van der Waals surface area contributed by atoms with Crippen LogP contribution in [0.4, 0.5) is 17.1 Å². The first-order chi connectivity index (χ1) is 24.0. The highest BCUT2D eigenvalue weighted by atomic mass is 32.1. The quantitative estimate of drug-likeness (QED) is 0.186. The Labute approximate surface area is 297 Å². The van der Waals surface area contributed by atoms with Gasteiger partial charge in [-0.15, -0.1) is 11.3 Å². The number of anilines is 3. The summed E-state index contributed by atoms with van der Waals surface area (Å²) in [6.07, 6.45) is 1.94. The molecule has 5 aromatic carbocycles. The Hall–Kier alpha value is -5.33. The van der Waals surface area contributed by atoms with Gasteiger partial charge < -0.3 is 14.5 Å². The lowest BCUT2D eigenvalue weighted by atomic mass is 9.88. The van der Waals surface area contributed by atoms with Crippen molar-refractivity contribution in [3.63, 3.8) is 0 Å². The van der Waals surface area contributed by atoms with Gasteiger partial charge in [-0.2, -0.15) is 0 Å². The maximum atomic E-state index is 6.68. The summed E-state index contributed by atoms with van der Waals surface area (Å²) in [4.78, 5) is 9.77. The van der Waals surface area contributed by atoms with Crippen LogP contribution in [0.3, 0.4) is 0 Å². The number of pyridine rings is 1. The largest absolute Gasteiger partial charge is 0.457 e. The number of aromatic nitrogens is 2. The number of hydrogen-bond donors (Lipinski definition) is 0. The summed E-state index contributed by atoms with van der Waals surface area (Å²) in [5.74, 6) is 2.50. The van der Waals surface area contributed by atoms with Crippen molar-refractivity contribution in [2.75, 3.05) is 16.5 Å². The van der Waals surface area contributed by atoms with Crippen molar-refractivity contribution in [1.29, 1.82) is 0 Å². The molecule has 248 valence electrons. The van der Waals surface area contributed by atoms with Crippen molar-refractivity contribution in [3.8, 4) is 17.3 Å². The molecule has 50 heavy (non-hydrogen) atoms. The van der Waals surface area contributed by atoms with Crippen LogP contribution < -0.4 is 14.5 Å². The van der Waals surface area contributed by atoms with Gasteiger partial charge in [0.05, 0.1) is 29.1 Å². The summed E-state index contributed by atoms with van der Waals surface area (Å²) >= 11 is 1.85. The molecule has 0 saturated heterocycles. The van der Waals surface area contributed by atoms with Crippen LogP contribution in [-0.2, 0) is 5.41 Å². The lowest BCUT2D eigenvalue weighted by molar-refractivity contribution is 0.483. The number of para-hydroxylation sites is 2. The van der Waals surface area contributed by atoms with Crippen LogP contribution in [0.15, 0.2) is 121 Å². The second-order valence-corrected chi connectivity index (χ2v) is 16.5. The van der Waals surface area contributed by atoms with Crippen LogP contribution in [0, 0.1) is 0 Å². The fourth-order valence-electron chi connectivity index (χ4n) is 7.39. The summed E-state index contributed by atoms with van der Waals surface area (Å²) in [6.45, 7) is 14.3. The van der Waals surface area contributed by atoms with Crippen molar-refractivity contribution in [2.24, 2.45) is 0 Å². The first kappa shape index (κ1) is 30.7. The van der Waals surface area contributed by atoms with E-state index in [1.54, 1.807) is 0 Å². The molecule has 0 N–H and O–H groups in total. The third kappa shape index (κ3) is 5.00. The second-order valence-electron chi connectivity index (χ2n) is 15.4. The molecule has 5 nitrogen and oxygen atoms in total. The van der Waals surface area contributed by atoms with E-state index < -0.39 is 0 Å². The molecule has 0 amide bonds. The summed E-state index contributed by atoms with van der Waals surface area (Å²) in [5.41, 5.74) is 7.02. The van der Waals surface area contributed by atoms with E-state index >= 15 is 0 Å². The topological polar surface area (TPSA) is 33.5 Å². The van der Waals surface area contributed by atoms with E-state index in [-0.39, 0.29) is 11.0 Å². The van der Waals surface area contributed by atoms with E-state index in [2.05, 4.69) is 165 Å². The minimum Gasteiger partial charge on any atom is -0.457 e. The molecule has 0 atom stereocenters. The van der Waals surface area contributed by atoms with Crippen molar-refractivity contribution in [1.82, 2.24) is 9.55 Å². The standard InChI is InChI=1S/C44H40N4OS/c1-43(2,3)28-20-21-45-42(22-28)48-38-24-31(18-19-32(38)34-25-35-33-14-7-10-17-40(33)50-41(35)26-39(34)48)49-30-13-11-12-29(23-30)46-27-47(44(4,5)6)37-16-9-8-15-36(37)46/h7-26H,27H2,1-6H3. The third-order valence-corrected chi connectivity index (χ3v) is 11.1. The molecular formula is C44H40N4OS. The molecular weight excluding hydrogens is 633 g/mol. The van der Waals surface area contributed by atoms with E-state index in [9.17, 15) is 0 Å². The molecule has 0 radical (unpaired) electrons. The second kappa shape index (κ2) is 11.1. The SMILES string of the molecule is CC(C)(C)c1ccnc(-n2c3cc(Oc4cccc(N5CN(C(C)(C)C)c6ccccc65)c4)ccc3c3cc4c(cc32)sc2ccccc24)c1. The third-order valence-electron chi connectivity index (χ3n) is 10.00. The molecule has 0 bridgehead atoms. The predicted octanol–water partition coefficient (Wildman–Crippen LogP) is 12.4. The number of fused-ring (bicyclic) bond motifs is 7. The van der Waals surface area contributed by atoms with E-state index in [0.29, 0.717) is 0 Å². The number of ether oxygens (including phenoxy) is 1. The van der Waals surface area contributed by atoms with Crippen LogP contribution >= 0.6 is 11.3 Å². The maximum Gasteiger partial charge on any atom is 0.137 e. The van der Waals surface area contributed by atoms with Crippen molar-refractivity contribution in [3.05, 3.63) is 127 Å². The number of nitrogens with zero attached hydrogens (tertiary/aromatic N) is 4. The zero-order valence-corrected chi connectivity index (χ0v) is 30.2. The Bertz CT molecular complexity index is 2600. The average molecular weight is 673 g/mol. The Balaban J connectivity index is 1.17. The van der Waals surface area contributed by atoms with E-state index in [1.165, 1.54) is 47.9 Å². The number of rotatable bonds is 4. The predicted molar refractivity (Wildman–Crippen MR) is 212 cm³/mol. The lowest BCUT2D eigenvalue weighted by Gasteiger charge is -2.34. The summed E-state index contributed by atoms with van der Waals surface area (Å²) in [5, 5.41) is 4.98. The molecule has 0 spiro atoms. The smallest absolute Gasteiger partial charge is 0.137 e. The molecule has 4 heterocycles. The van der Waals surface area contributed by atoms with Crippen LogP contribution in [0.25, 0.3) is 47.8 Å². The molecule has 0 saturated carbocycles. The van der Waals surface area contributed by atoms with Gasteiger partial charge in [0.25, 0.3) is 0 Å². The van der Waals surface area contributed by atoms with Crippen LogP contribution in [0.5, 0.6) is 11.5 Å². The highest BCUT2D eigenvalue weighted by molar-refractivity contribution is 7.25. The number of thiophene rings is 1. The molecule has 0 fully saturated rings. The molecule has 0 unspecified atom stereocenters. The maximum absolute atomic E-state index is 6.68. The minimum absolute atomic E-state index is 0.00366. The molecule has 3 aromatic heterocycles. The average Bonchev–Trinajstić information content (AvgIpc) is 3.76. The normalized spacial score (nSPS) is 13.6. The monoisotopic (exact) mass is 672 g/mol. The van der Waals surface area contributed by atoms with Gasteiger partial charge in [0.2, 0.25) is 0 Å². The zero-order chi connectivity index (χ0) is 34.4. The molecule has 0 aliphatic carbocycles. The van der Waals surface area contributed by atoms with Crippen molar-refractivity contribution < 1.29 is 4.74 Å². The molecule has 6 heteroatoms. The van der Waals surface area contributed by atoms with E-state index in [0.717, 1.165) is 40.7 Å². The van der Waals surface area contributed by atoms with Gasteiger partial charge in [-0.25, -0.2) is 4.98 Å². The van der Waals surface area contributed by atoms with Crippen LogP contribution in [0.2, 0.25) is 0 Å². The minimum atomic E-state index is -0.00571. The summed E-state index contributed by atoms with van der Waals surface area (Å²) in [6, 6.07) is 41.4. The van der Waals surface area contributed by atoms with E-state index in [4.69, 9.17) is 9.72 Å². The molecule has 1 aliphatic heterocycles. The first-order valence-electron chi connectivity index (χ1n) is 17.3. The van der Waals surface area contributed by atoms with Crippen LogP contribution in [0.1, 0.15) is 47.1 Å².